The number of amides is 1. The molecule has 0 radical (unpaired) electrons. The first-order chi connectivity index (χ1) is 15.3. The van der Waals surface area contributed by atoms with Crippen molar-refractivity contribution in [3.05, 3.63) is 29.8 Å². The van der Waals surface area contributed by atoms with Crippen LogP contribution in [-0.4, -0.2) is 33.9 Å². The lowest BCUT2D eigenvalue weighted by atomic mass is 9.74. The summed E-state index contributed by atoms with van der Waals surface area (Å²) >= 11 is 0. The van der Waals surface area contributed by atoms with Gasteiger partial charge in [-0.25, -0.2) is 0 Å². The van der Waals surface area contributed by atoms with Crippen molar-refractivity contribution in [1.29, 1.82) is 0 Å². The van der Waals surface area contributed by atoms with Gasteiger partial charge in [0.15, 0.2) is 5.82 Å². The van der Waals surface area contributed by atoms with Crippen LogP contribution in [0.3, 0.4) is 0 Å². The van der Waals surface area contributed by atoms with Crippen LogP contribution in [0.5, 0.6) is 5.75 Å². The first-order valence-electron chi connectivity index (χ1n) is 10.3. The van der Waals surface area contributed by atoms with Crippen LogP contribution in [0.1, 0.15) is 43.6 Å². The molecule has 2 aliphatic carbocycles. The van der Waals surface area contributed by atoms with Crippen molar-refractivity contribution in [3.8, 4) is 17.0 Å². The molecule has 180 valence electrons. The van der Waals surface area contributed by atoms with E-state index in [9.17, 15) is 35.5 Å². The third kappa shape index (κ3) is 4.39. The van der Waals surface area contributed by atoms with Crippen LogP contribution in [-0.2, 0) is 11.8 Å². The SMILES string of the molecule is Cn1nc(NC(=O)C[C@H]2CC(F)(F)C2(F)F)c(C2CCC2)c1-c1ccc(OC(F)(F)F)cc1. The van der Waals surface area contributed by atoms with Crippen LogP contribution >= 0.6 is 0 Å². The van der Waals surface area contributed by atoms with E-state index in [0.29, 0.717) is 16.8 Å². The highest BCUT2D eigenvalue weighted by Gasteiger charge is 2.71. The summed E-state index contributed by atoms with van der Waals surface area (Å²) in [6.45, 7) is 0. The molecule has 1 N–H and O–H groups in total. The maximum Gasteiger partial charge on any atom is 0.573 e. The van der Waals surface area contributed by atoms with E-state index in [1.165, 1.54) is 16.8 Å². The summed E-state index contributed by atoms with van der Waals surface area (Å²) in [4.78, 5) is 12.4. The van der Waals surface area contributed by atoms with E-state index in [1.54, 1.807) is 7.05 Å². The van der Waals surface area contributed by atoms with Crippen molar-refractivity contribution in [2.75, 3.05) is 5.32 Å². The van der Waals surface area contributed by atoms with Crippen LogP contribution in [0.25, 0.3) is 11.3 Å². The number of carbonyl (C=O) groups excluding carboxylic acids is 1. The lowest BCUT2D eigenvalue weighted by Gasteiger charge is -2.43. The second-order valence-electron chi connectivity index (χ2n) is 8.42. The molecule has 12 heteroatoms. The smallest absolute Gasteiger partial charge is 0.406 e. The third-order valence-electron chi connectivity index (χ3n) is 6.15. The van der Waals surface area contributed by atoms with Gasteiger partial charge >= 0.3 is 18.2 Å². The lowest BCUT2D eigenvalue weighted by molar-refractivity contribution is -0.313. The van der Waals surface area contributed by atoms with Gasteiger partial charge in [-0.1, -0.05) is 6.42 Å². The molecule has 4 rings (SSSR count). The lowest BCUT2D eigenvalue weighted by Crippen LogP contribution is -2.59. The minimum atomic E-state index is -4.83. The Bertz CT molecular complexity index is 1040. The van der Waals surface area contributed by atoms with Crippen molar-refractivity contribution >= 4 is 11.7 Å². The summed E-state index contributed by atoms with van der Waals surface area (Å²) in [5, 5.41) is 6.74. The molecule has 2 saturated carbocycles. The van der Waals surface area contributed by atoms with Crippen molar-refractivity contribution in [3.63, 3.8) is 0 Å². The number of alkyl halides is 7. The highest BCUT2D eigenvalue weighted by Crippen LogP contribution is 2.56. The fourth-order valence-electron chi connectivity index (χ4n) is 4.22. The molecule has 1 aromatic heterocycles. The number of halogens is 7. The zero-order valence-electron chi connectivity index (χ0n) is 17.4. The van der Waals surface area contributed by atoms with Crippen molar-refractivity contribution in [2.24, 2.45) is 13.0 Å². The number of nitrogens with one attached hydrogen (secondary N) is 1. The summed E-state index contributed by atoms with van der Waals surface area (Å²) < 4.78 is 95.8. The quantitative estimate of drug-likeness (QED) is 0.527. The van der Waals surface area contributed by atoms with Crippen LogP contribution in [0.15, 0.2) is 24.3 Å². The van der Waals surface area contributed by atoms with Crippen LogP contribution in [0.4, 0.5) is 36.6 Å². The summed E-state index contributed by atoms with van der Waals surface area (Å²) in [7, 11) is 1.58. The van der Waals surface area contributed by atoms with Gasteiger partial charge in [-0.2, -0.15) is 22.7 Å². The molecular weight excluding hydrogens is 459 g/mol. The Morgan fingerprint density at radius 2 is 1.82 bits per heavy atom. The Kier molecular flexibility index (Phi) is 5.60. The maximum atomic E-state index is 13.5. The molecule has 5 nitrogen and oxygen atoms in total. The van der Waals surface area contributed by atoms with Gasteiger partial charge in [0.2, 0.25) is 5.91 Å². The van der Waals surface area contributed by atoms with E-state index in [0.717, 1.165) is 31.4 Å². The molecule has 0 bridgehead atoms. The monoisotopic (exact) mass is 479 g/mol. The summed E-state index contributed by atoms with van der Waals surface area (Å²) in [5.41, 5.74) is 1.70. The average molecular weight is 479 g/mol. The van der Waals surface area contributed by atoms with Gasteiger partial charge in [0.05, 0.1) is 5.69 Å². The minimum absolute atomic E-state index is 0.00424. The van der Waals surface area contributed by atoms with E-state index in [4.69, 9.17) is 0 Å². The molecule has 0 saturated heterocycles. The molecule has 2 aliphatic rings. The predicted molar refractivity (Wildman–Crippen MR) is 103 cm³/mol. The third-order valence-corrected chi connectivity index (χ3v) is 6.15. The van der Waals surface area contributed by atoms with E-state index in [-0.39, 0.29) is 11.7 Å². The predicted octanol–water partition coefficient (Wildman–Crippen LogP) is 5.87. The van der Waals surface area contributed by atoms with Gasteiger partial charge in [-0.3, -0.25) is 9.48 Å². The molecule has 33 heavy (non-hydrogen) atoms. The molecule has 1 aromatic carbocycles. The zero-order chi connectivity index (χ0) is 24.2. The fraction of sp³-hybridized carbons (Fsp3) is 0.524. The second-order valence-corrected chi connectivity index (χ2v) is 8.42. The largest absolute Gasteiger partial charge is 0.573 e. The van der Waals surface area contributed by atoms with Gasteiger partial charge in [0.1, 0.15) is 5.75 Å². The van der Waals surface area contributed by atoms with Gasteiger partial charge in [0.25, 0.3) is 0 Å². The average Bonchev–Trinajstić information content (AvgIpc) is 2.94. The summed E-state index contributed by atoms with van der Waals surface area (Å²) in [6, 6.07) is 5.14. The molecule has 2 fully saturated rings. The Balaban J connectivity index is 1.57. The summed E-state index contributed by atoms with van der Waals surface area (Å²) in [6.07, 6.45) is -4.18. The molecule has 0 unspecified atom stereocenters. The number of aryl methyl sites for hydroxylation is 1. The van der Waals surface area contributed by atoms with Gasteiger partial charge in [-0.15, -0.1) is 13.2 Å². The second kappa shape index (κ2) is 7.91. The fourth-order valence-corrected chi connectivity index (χ4v) is 4.22. The van der Waals surface area contributed by atoms with E-state index in [2.05, 4.69) is 15.2 Å². The van der Waals surface area contributed by atoms with Gasteiger partial charge in [0, 0.05) is 36.9 Å². The number of carbonyl (C=O) groups is 1. The van der Waals surface area contributed by atoms with Crippen LogP contribution in [0, 0.1) is 5.92 Å². The number of rotatable bonds is 6. The minimum Gasteiger partial charge on any atom is -0.406 e. The van der Waals surface area contributed by atoms with Crippen molar-refractivity contribution in [1.82, 2.24) is 9.78 Å². The number of ether oxygens (including phenoxy) is 1. The maximum absolute atomic E-state index is 13.5. The highest BCUT2D eigenvalue weighted by molar-refractivity contribution is 5.92. The normalized spacial score (nSPS) is 21.8. The molecule has 1 atom stereocenters. The number of hydrogen-bond donors (Lipinski definition) is 1. The Labute approximate surface area is 183 Å². The highest BCUT2D eigenvalue weighted by atomic mass is 19.4. The number of anilines is 1. The molecular formula is C21H20F7N3O2. The Morgan fingerprint density at radius 3 is 2.30 bits per heavy atom. The van der Waals surface area contributed by atoms with Crippen molar-refractivity contribution in [2.45, 2.75) is 56.2 Å². The topological polar surface area (TPSA) is 56.2 Å². The number of hydrogen-bond acceptors (Lipinski definition) is 3. The summed E-state index contributed by atoms with van der Waals surface area (Å²) in [5.74, 6) is -11.2. The van der Waals surface area contributed by atoms with Crippen LogP contribution in [0.2, 0.25) is 0 Å². The molecule has 1 heterocycles. The van der Waals surface area contributed by atoms with E-state index in [1.807, 2.05) is 0 Å². The Morgan fingerprint density at radius 1 is 1.18 bits per heavy atom. The number of nitrogens with zero attached hydrogens (tertiary/aromatic N) is 2. The van der Waals surface area contributed by atoms with Gasteiger partial charge in [-0.05, 0) is 43.0 Å². The Hall–Kier alpha value is -2.79. The van der Waals surface area contributed by atoms with E-state index < -0.39 is 48.6 Å². The molecule has 1 amide bonds. The molecule has 0 aliphatic heterocycles. The first-order valence-corrected chi connectivity index (χ1v) is 10.3. The van der Waals surface area contributed by atoms with Crippen molar-refractivity contribution < 1.29 is 40.3 Å². The number of aromatic nitrogens is 2. The standard InChI is InChI=1S/C21H20F7N3O2/c1-31-17(12-5-7-14(8-6-12)33-21(26,27)28)16(11-3-2-4-11)18(30-31)29-15(32)9-13-10-19(22,23)20(13,24)25/h5-8,11,13H,2-4,9-10H2,1H3,(H,29,30,32)/t13-/m0/s1. The number of benzene rings is 1. The van der Waals surface area contributed by atoms with Gasteiger partial charge < -0.3 is 10.1 Å². The first kappa shape index (κ1) is 23.4. The van der Waals surface area contributed by atoms with Crippen LogP contribution < -0.4 is 10.1 Å². The van der Waals surface area contributed by atoms with E-state index >= 15 is 0 Å². The molecule has 0 spiro atoms. The zero-order valence-corrected chi connectivity index (χ0v) is 17.4. The molecule has 2 aromatic rings.